The van der Waals surface area contributed by atoms with Crippen LogP contribution in [-0.2, 0) is 4.79 Å². The Morgan fingerprint density at radius 2 is 1.81 bits per heavy atom. The Morgan fingerprint density at radius 3 is 2.62 bits per heavy atom. The predicted molar refractivity (Wildman–Crippen MR) is 82.7 cm³/mol. The molecule has 0 heterocycles. The van der Waals surface area contributed by atoms with Crippen LogP contribution in [0.5, 0.6) is 0 Å². The smallest absolute Gasteiger partial charge is 0.139 e. The molecule has 4 fully saturated rings. The van der Waals surface area contributed by atoms with Gasteiger partial charge < -0.3 is 5.11 Å². The first-order valence-corrected chi connectivity index (χ1v) is 9.18. The van der Waals surface area contributed by atoms with Gasteiger partial charge in [0.1, 0.15) is 5.78 Å². The summed E-state index contributed by atoms with van der Waals surface area (Å²) in [5, 5.41) is 10.8. The second kappa shape index (κ2) is 4.57. The quantitative estimate of drug-likeness (QED) is 0.733. The lowest BCUT2D eigenvalue weighted by Crippen LogP contribution is -2.57. The van der Waals surface area contributed by atoms with Crippen LogP contribution >= 0.6 is 0 Å². The molecule has 4 aliphatic rings. The maximum absolute atomic E-state index is 12.4. The van der Waals surface area contributed by atoms with Gasteiger partial charge in [0.25, 0.3) is 0 Å². The average molecular weight is 290 g/mol. The molecule has 4 saturated carbocycles. The lowest BCUT2D eigenvalue weighted by molar-refractivity contribution is -0.159. The topological polar surface area (TPSA) is 37.3 Å². The second-order valence-electron chi connectivity index (χ2n) is 8.96. The highest BCUT2D eigenvalue weighted by atomic mass is 16.3. The number of rotatable bonds is 0. The molecule has 0 aromatic rings. The fraction of sp³-hybridized carbons (Fsp3) is 0.947. The first-order chi connectivity index (χ1) is 9.97. The summed E-state index contributed by atoms with van der Waals surface area (Å²) in [4.78, 5) is 12.4. The van der Waals surface area contributed by atoms with Crippen molar-refractivity contribution in [1.82, 2.24) is 0 Å². The number of Topliss-reactive ketones (excluding diaryl/α,β-unsaturated/α-hetero) is 1. The summed E-state index contributed by atoms with van der Waals surface area (Å²) in [6, 6.07) is 0. The van der Waals surface area contributed by atoms with Crippen LogP contribution in [0.4, 0.5) is 0 Å². The summed E-state index contributed by atoms with van der Waals surface area (Å²) in [5.74, 6) is 2.95. The molecule has 0 spiro atoms. The van der Waals surface area contributed by atoms with E-state index in [-0.39, 0.29) is 11.5 Å². The normalized spacial score (nSPS) is 56.5. The van der Waals surface area contributed by atoms with Gasteiger partial charge in [-0.05, 0) is 67.6 Å². The van der Waals surface area contributed by atoms with E-state index in [1.165, 1.54) is 32.1 Å². The van der Waals surface area contributed by atoms with Gasteiger partial charge in [0.15, 0.2) is 0 Å². The number of carbonyl (C=O) groups is 1. The third kappa shape index (κ3) is 1.77. The number of aliphatic hydroxyl groups is 1. The van der Waals surface area contributed by atoms with E-state index in [9.17, 15) is 9.90 Å². The molecule has 0 amide bonds. The van der Waals surface area contributed by atoms with Crippen LogP contribution in [0.3, 0.4) is 0 Å². The van der Waals surface area contributed by atoms with Crippen LogP contribution in [-0.4, -0.2) is 17.0 Å². The lowest BCUT2D eigenvalue weighted by atomic mass is 9.45. The molecule has 0 saturated heterocycles. The van der Waals surface area contributed by atoms with Crippen LogP contribution in [0.25, 0.3) is 0 Å². The molecule has 2 nitrogen and oxygen atoms in total. The summed E-state index contributed by atoms with van der Waals surface area (Å²) in [6.07, 6.45) is 10.2. The standard InChI is InChI=1S/C19H30O2/c1-18-9-4-3-5-15(18)16(20)11-12-13-6-7-17(21)19(13,2)10-8-14(12)18/h12-16,20H,3-11H2,1-2H3/t12-,13-,14-,15+,16-,18+,19-/m0/s1. The molecule has 2 heteroatoms. The third-order valence-corrected chi connectivity index (χ3v) is 8.30. The van der Waals surface area contributed by atoms with Gasteiger partial charge in [-0.1, -0.05) is 26.7 Å². The second-order valence-corrected chi connectivity index (χ2v) is 8.96. The van der Waals surface area contributed by atoms with E-state index < -0.39 is 0 Å². The van der Waals surface area contributed by atoms with Crippen molar-refractivity contribution < 1.29 is 9.90 Å². The average Bonchev–Trinajstić information content (AvgIpc) is 2.75. The minimum absolute atomic E-state index is 0.0568. The Labute approximate surface area is 128 Å². The zero-order valence-electron chi connectivity index (χ0n) is 13.6. The highest BCUT2D eigenvalue weighted by Gasteiger charge is 2.61. The van der Waals surface area contributed by atoms with Crippen molar-refractivity contribution in [2.24, 2.45) is 34.5 Å². The van der Waals surface area contributed by atoms with Gasteiger partial charge in [-0.25, -0.2) is 0 Å². The van der Waals surface area contributed by atoms with Gasteiger partial charge in [0.05, 0.1) is 6.10 Å². The number of ketones is 1. The number of hydrogen-bond acceptors (Lipinski definition) is 2. The molecular formula is C19H30O2. The fourth-order valence-electron chi connectivity index (χ4n) is 7.13. The minimum Gasteiger partial charge on any atom is -0.393 e. The molecule has 118 valence electrons. The molecule has 0 aromatic carbocycles. The molecule has 0 radical (unpaired) electrons. The van der Waals surface area contributed by atoms with Gasteiger partial charge in [-0.15, -0.1) is 0 Å². The van der Waals surface area contributed by atoms with Gasteiger partial charge >= 0.3 is 0 Å². The third-order valence-electron chi connectivity index (χ3n) is 8.30. The number of fused-ring (bicyclic) bond motifs is 5. The number of hydrogen-bond donors (Lipinski definition) is 1. The van der Waals surface area contributed by atoms with Crippen molar-refractivity contribution in [3.63, 3.8) is 0 Å². The van der Waals surface area contributed by atoms with Gasteiger partial charge in [0.2, 0.25) is 0 Å². The minimum atomic E-state index is -0.116. The molecular weight excluding hydrogens is 260 g/mol. The van der Waals surface area contributed by atoms with Gasteiger partial charge in [-0.2, -0.15) is 0 Å². The van der Waals surface area contributed by atoms with E-state index >= 15 is 0 Å². The van der Waals surface area contributed by atoms with Crippen molar-refractivity contribution in [3.05, 3.63) is 0 Å². The highest BCUT2D eigenvalue weighted by molar-refractivity contribution is 5.87. The van der Waals surface area contributed by atoms with Crippen LogP contribution < -0.4 is 0 Å². The molecule has 7 atom stereocenters. The van der Waals surface area contributed by atoms with Gasteiger partial charge in [-0.3, -0.25) is 4.79 Å². The van der Waals surface area contributed by atoms with Crippen LogP contribution in [0.1, 0.15) is 71.6 Å². The van der Waals surface area contributed by atoms with Crippen LogP contribution in [0.2, 0.25) is 0 Å². The molecule has 0 aromatic heterocycles. The first-order valence-electron chi connectivity index (χ1n) is 9.18. The van der Waals surface area contributed by atoms with E-state index in [2.05, 4.69) is 13.8 Å². The molecule has 0 aliphatic heterocycles. The van der Waals surface area contributed by atoms with E-state index in [1.807, 2.05) is 0 Å². The first kappa shape index (κ1) is 14.2. The van der Waals surface area contributed by atoms with E-state index in [4.69, 9.17) is 0 Å². The lowest BCUT2D eigenvalue weighted by Gasteiger charge is -2.60. The highest BCUT2D eigenvalue weighted by Crippen LogP contribution is 2.65. The van der Waals surface area contributed by atoms with Crippen molar-refractivity contribution in [2.45, 2.75) is 77.7 Å². The Balaban J connectivity index is 1.69. The maximum atomic E-state index is 12.4. The Kier molecular flexibility index (Phi) is 3.10. The predicted octanol–water partition coefficient (Wildman–Crippen LogP) is 3.96. The summed E-state index contributed by atoms with van der Waals surface area (Å²) < 4.78 is 0. The molecule has 0 unspecified atom stereocenters. The zero-order chi connectivity index (χ0) is 14.8. The molecule has 4 aliphatic carbocycles. The van der Waals surface area contributed by atoms with E-state index in [0.717, 1.165) is 31.6 Å². The number of aliphatic hydroxyl groups excluding tert-OH is 1. The van der Waals surface area contributed by atoms with E-state index in [1.54, 1.807) is 0 Å². The Bertz CT molecular complexity index is 458. The number of carbonyl (C=O) groups excluding carboxylic acids is 1. The monoisotopic (exact) mass is 290 g/mol. The SMILES string of the molecule is C[C@]12CCCC[C@@H]1[C@@H](O)C[C@@H]1[C@@H]2CC[C@]2(C)C(=O)CC[C@@H]12. The summed E-state index contributed by atoms with van der Waals surface area (Å²) in [5.41, 5.74) is 0.284. The summed E-state index contributed by atoms with van der Waals surface area (Å²) in [6.45, 7) is 4.70. The Hall–Kier alpha value is -0.370. The van der Waals surface area contributed by atoms with Crippen molar-refractivity contribution >= 4 is 5.78 Å². The summed E-state index contributed by atoms with van der Waals surface area (Å²) in [7, 11) is 0. The molecule has 21 heavy (non-hydrogen) atoms. The Morgan fingerprint density at radius 1 is 1.00 bits per heavy atom. The zero-order valence-corrected chi connectivity index (χ0v) is 13.6. The van der Waals surface area contributed by atoms with Crippen molar-refractivity contribution in [3.8, 4) is 0 Å². The molecule has 0 bridgehead atoms. The van der Waals surface area contributed by atoms with Gasteiger partial charge in [0, 0.05) is 11.8 Å². The molecule has 4 rings (SSSR count). The van der Waals surface area contributed by atoms with Crippen molar-refractivity contribution in [1.29, 1.82) is 0 Å². The summed E-state index contributed by atoms with van der Waals surface area (Å²) >= 11 is 0. The van der Waals surface area contributed by atoms with Crippen LogP contribution in [0, 0.1) is 34.5 Å². The van der Waals surface area contributed by atoms with Crippen molar-refractivity contribution in [2.75, 3.05) is 0 Å². The maximum Gasteiger partial charge on any atom is 0.139 e. The molecule has 1 N–H and O–H groups in total. The largest absolute Gasteiger partial charge is 0.393 e. The van der Waals surface area contributed by atoms with Crippen LogP contribution in [0.15, 0.2) is 0 Å². The van der Waals surface area contributed by atoms with E-state index in [0.29, 0.717) is 29.0 Å². The fourth-order valence-corrected chi connectivity index (χ4v) is 7.13.